The van der Waals surface area contributed by atoms with E-state index < -0.39 is 0 Å². The smallest absolute Gasteiger partial charge is 0.147 e. The van der Waals surface area contributed by atoms with E-state index in [1.165, 1.54) is 4.90 Å². The molecule has 5 heteroatoms. The second kappa shape index (κ2) is 4.98. The fourth-order valence-corrected chi connectivity index (χ4v) is 3.05. The van der Waals surface area contributed by atoms with Gasteiger partial charge in [-0.25, -0.2) is 4.98 Å². The van der Waals surface area contributed by atoms with Gasteiger partial charge in [-0.2, -0.15) is 0 Å². The lowest BCUT2D eigenvalue weighted by Gasteiger charge is -2.37. The maximum atomic E-state index is 5.79. The molecule has 0 bridgehead atoms. The fourth-order valence-electron chi connectivity index (χ4n) is 2.18. The summed E-state index contributed by atoms with van der Waals surface area (Å²) in [5.41, 5.74) is 7.70. The van der Waals surface area contributed by atoms with Gasteiger partial charge in [-0.05, 0) is 18.2 Å². The molecular formula is C14H18N4S. The van der Waals surface area contributed by atoms with Crippen LogP contribution in [0.15, 0.2) is 29.3 Å². The molecule has 0 radical (unpaired) electrons. The molecule has 0 unspecified atom stereocenters. The Hall–Kier alpha value is -1.33. The summed E-state index contributed by atoms with van der Waals surface area (Å²) in [4.78, 5) is 12.6. The van der Waals surface area contributed by atoms with Gasteiger partial charge >= 0.3 is 0 Å². The molecule has 1 aromatic heterocycles. The molecule has 1 aliphatic rings. The third kappa shape index (κ3) is 2.67. The summed E-state index contributed by atoms with van der Waals surface area (Å²) in [6.07, 6.45) is 1.85. The summed E-state index contributed by atoms with van der Waals surface area (Å²) < 4.78 is 0. The van der Waals surface area contributed by atoms with Crippen LogP contribution in [-0.2, 0) is 0 Å². The predicted octanol–water partition coefficient (Wildman–Crippen LogP) is 2.28. The Labute approximate surface area is 117 Å². The van der Waals surface area contributed by atoms with Gasteiger partial charge in [0.25, 0.3) is 0 Å². The zero-order valence-electron chi connectivity index (χ0n) is 11.2. The minimum Gasteiger partial charge on any atom is -0.352 e. The number of hydrogen-bond donors (Lipinski definition) is 1. The number of benzene rings is 1. The average molecular weight is 274 g/mol. The van der Waals surface area contributed by atoms with Crippen LogP contribution in [-0.4, -0.2) is 34.3 Å². The van der Waals surface area contributed by atoms with E-state index in [0.717, 1.165) is 29.9 Å². The summed E-state index contributed by atoms with van der Waals surface area (Å²) in [5.74, 6) is 0.929. The second-order valence-electron chi connectivity index (χ2n) is 5.21. The normalized spacial score (nSPS) is 16.1. The van der Waals surface area contributed by atoms with Crippen molar-refractivity contribution >= 4 is 28.6 Å². The summed E-state index contributed by atoms with van der Waals surface area (Å²) in [7, 11) is 0. The zero-order chi connectivity index (χ0) is 13.4. The molecular weight excluding hydrogens is 256 g/mol. The molecule has 4 nitrogen and oxygen atoms in total. The van der Waals surface area contributed by atoms with E-state index in [1.807, 2.05) is 18.0 Å². The van der Waals surface area contributed by atoms with Crippen molar-refractivity contribution in [3.8, 4) is 0 Å². The number of anilines is 1. The molecule has 0 saturated carbocycles. The molecule has 0 atom stereocenters. The van der Waals surface area contributed by atoms with Gasteiger partial charge in [0.2, 0.25) is 0 Å². The third-order valence-corrected chi connectivity index (χ3v) is 4.10. The number of nitrogens with zero attached hydrogens (tertiary/aromatic N) is 3. The standard InChI is InChI=1S/C14H18N4S/c1-9(2)19-11-3-4-12-13(5-11)16-6-14(17-12)18-7-10(15)8-18/h3-6,9-10H,7-8,15H2,1-2H3. The quantitative estimate of drug-likeness (QED) is 0.870. The van der Waals surface area contributed by atoms with Crippen molar-refractivity contribution in [3.63, 3.8) is 0 Å². The number of hydrogen-bond acceptors (Lipinski definition) is 5. The van der Waals surface area contributed by atoms with Crippen LogP contribution in [0.3, 0.4) is 0 Å². The molecule has 2 aromatic rings. The van der Waals surface area contributed by atoms with Crippen LogP contribution in [0.1, 0.15) is 13.8 Å². The fraction of sp³-hybridized carbons (Fsp3) is 0.429. The Morgan fingerprint density at radius 3 is 2.79 bits per heavy atom. The van der Waals surface area contributed by atoms with Gasteiger partial charge in [0.05, 0.1) is 17.2 Å². The van der Waals surface area contributed by atoms with Gasteiger partial charge in [-0.1, -0.05) is 13.8 Å². The summed E-state index contributed by atoms with van der Waals surface area (Å²) in [5, 5.41) is 0.576. The van der Waals surface area contributed by atoms with E-state index in [9.17, 15) is 0 Å². The van der Waals surface area contributed by atoms with Crippen LogP contribution >= 0.6 is 11.8 Å². The van der Waals surface area contributed by atoms with Gasteiger partial charge in [0.1, 0.15) is 5.82 Å². The van der Waals surface area contributed by atoms with Crippen molar-refractivity contribution in [2.45, 2.75) is 30.0 Å². The highest BCUT2D eigenvalue weighted by Gasteiger charge is 2.24. The molecule has 3 rings (SSSR count). The minimum absolute atomic E-state index is 0.280. The zero-order valence-corrected chi connectivity index (χ0v) is 12.0. The van der Waals surface area contributed by atoms with Gasteiger partial charge in [0, 0.05) is 29.3 Å². The van der Waals surface area contributed by atoms with E-state index >= 15 is 0 Å². The molecule has 1 aliphatic heterocycles. The first kappa shape index (κ1) is 12.7. The number of fused-ring (bicyclic) bond motifs is 1. The summed E-state index contributed by atoms with van der Waals surface area (Å²) in [6, 6.07) is 6.56. The Kier molecular flexibility index (Phi) is 3.33. The maximum Gasteiger partial charge on any atom is 0.147 e. The van der Waals surface area contributed by atoms with Crippen LogP contribution in [0.5, 0.6) is 0 Å². The van der Waals surface area contributed by atoms with Crippen LogP contribution < -0.4 is 10.6 Å². The highest BCUT2D eigenvalue weighted by molar-refractivity contribution is 7.99. The number of nitrogens with two attached hydrogens (primary N) is 1. The lowest BCUT2D eigenvalue weighted by atomic mass is 10.1. The molecule has 100 valence electrons. The van der Waals surface area contributed by atoms with Crippen LogP contribution in [0.2, 0.25) is 0 Å². The largest absolute Gasteiger partial charge is 0.352 e. The molecule has 0 spiro atoms. The number of thioether (sulfide) groups is 1. The first-order valence-corrected chi connectivity index (χ1v) is 7.44. The topological polar surface area (TPSA) is 55.0 Å². The molecule has 2 heterocycles. The monoisotopic (exact) mass is 274 g/mol. The average Bonchev–Trinajstić information content (AvgIpc) is 2.34. The maximum absolute atomic E-state index is 5.79. The molecule has 2 N–H and O–H groups in total. The van der Waals surface area contributed by atoms with Gasteiger partial charge in [0.15, 0.2) is 0 Å². The van der Waals surface area contributed by atoms with Gasteiger partial charge < -0.3 is 10.6 Å². The van der Waals surface area contributed by atoms with E-state index in [4.69, 9.17) is 5.73 Å². The van der Waals surface area contributed by atoms with Crippen molar-refractivity contribution in [2.24, 2.45) is 5.73 Å². The van der Waals surface area contributed by atoms with E-state index in [0.29, 0.717) is 5.25 Å². The van der Waals surface area contributed by atoms with Crippen molar-refractivity contribution in [2.75, 3.05) is 18.0 Å². The Balaban J connectivity index is 1.88. The number of rotatable bonds is 3. The molecule has 1 fully saturated rings. The van der Waals surface area contributed by atoms with Crippen molar-refractivity contribution < 1.29 is 0 Å². The Bertz CT molecular complexity index is 593. The summed E-state index contributed by atoms with van der Waals surface area (Å²) in [6.45, 7) is 6.14. The van der Waals surface area contributed by atoms with Crippen molar-refractivity contribution in [1.82, 2.24) is 9.97 Å². The van der Waals surface area contributed by atoms with Crippen molar-refractivity contribution in [3.05, 3.63) is 24.4 Å². The van der Waals surface area contributed by atoms with Gasteiger partial charge in [-0.3, -0.25) is 4.98 Å². The molecule has 0 aliphatic carbocycles. The first-order chi connectivity index (χ1) is 9.11. The molecule has 1 aromatic carbocycles. The van der Waals surface area contributed by atoms with Crippen molar-refractivity contribution in [1.29, 1.82) is 0 Å². The molecule has 1 saturated heterocycles. The third-order valence-electron chi connectivity index (χ3n) is 3.11. The van der Waals surface area contributed by atoms with Crippen LogP contribution in [0.25, 0.3) is 11.0 Å². The highest BCUT2D eigenvalue weighted by atomic mass is 32.2. The minimum atomic E-state index is 0.280. The van der Waals surface area contributed by atoms with E-state index in [2.05, 4.69) is 46.9 Å². The second-order valence-corrected chi connectivity index (χ2v) is 6.86. The molecule has 0 amide bonds. The highest BCUT2D eigenvalue weighted by Crippen LogP contribution is 2.26. The first-order valence-electron chi connectivity index (χ1n) is 6.56. The SMILES string of the molecule is CC(C)Sc1ccc2nc(N3CC(N)C3)cnc2c1. The predicted molar refractivity (Wildman–Crippen MR) is 80.7 cm³/mol. The lowest BCUT2D eigenvalue weighted by molar-refractivity contribution is 0.514. The lowest BCUT2D eigenvalue weighted by Crippen LogP contribution is -2.56. The van der Waals surface area contributed by atoms with Crippen LogP contribution in [0.4, 0.5) is 5.82 Å². The van der Waals surface area contributed by atoms with Gasteiger partial charge in [-0.15, -0.1) is 11.8 Å². The van der Waals surface area contributed by atoms with Crippen LogP contribution in [0, 0.1) is 0 Å². The molecule has 19 heavy (non-hydrogen) atoms. The number of aromatic nitrogens is 2. The Morgan fingerprint density at radius 1 is 1.32 bits per heavy atom. The Morgan fingerprint density at radius 2 is 2.11 bits per heavy atom. The van der Waals surface area contributed by atoms with E-state index in [1.54, 1.807) is 0 Å². The summed E-state index contributed by atoms with van der Waals surface area (Å²) >= 11 is 1.85. The van der Waals surface area contributed by atoms with E-state index in [-0.39, 0.29) is 6.04 Å².